The molecule has 2 aromatic rings. The molecule has 0 amide bonds. The minimum Gasteiger partial charge on any atom is -0.496 e. The molecule has 0 spiro atoms. The van der Waals surface area contributed by atoms with Gasteiger partial charge in [-0.15, -0.1) is 0 Å². The van der Waals surface area contributed by atoms with Gasteiger partial charge in [0.2, 0.25) is 9.84 Å². The lowest BCUT2D eigenvalue weighted by atomic mass is 9.87. The number of allylic oxidation sites excluding steroid dienone is 1. The quantitative estimate of drug-likeness (QED) is 0.924. The molecule has 1 N–H and O–H groups in total. The fourth-order valence-electron chi connectivity index (χ4n) is 3.09. The van der Waals surface area contributed by atoms with E-state index in [0.29, 0.717) is 12.8 Å². The monoisotopic (exact) mass is 344 g/mol. The van der Waals surface area contributed by atoms with Gasteiger partial charge in [0.15, 0.2) is 0 Å². The molecule has 0 radical (unpaired) electrons. The van der Waals surface area contributed by atoms with E-state index in [2.05, 4.69) is 0 Å². The van der Waals surface area contributed by atoms with Gasteiger partial charge in [0.25, 0.3) is 0 Å². The van der Waals surface area contributed by atoms with E-state index in [-0.39, 0.29) is 15.7 Å². The first-order chi connectivity index (χ1) is 11.5. The van der Waals surface area contributed by atoms with Crippen molar-refractivity contribution in [3.63, 3.8) is 0 Å². The van der Waals surface area contributed by atoms with Gasteiger partial charge in [-0.3, -0.25) is 0 Å². The predicted molar refractivity (Wildman–Crippen MR) is 92.7 cm³/mol. The molecule has 1 aliphatic rings. The molecule has 0 aromatic heterocycles. The molecule has 0 heterocycles. The van der Waals surface area contributed by atoms with Gasteiger partial charge in [-0.1, -0.05) is 42.5 Å². The lowest BCUT2D eigenvalue weighted by Crippen LogP contribution is -2.24. The van der Waals surface area contributed by atoms with E-state index in [4.69, 9.17) is 4.74 Å². The van der Waals surface area contributed by atoms with Crippen LogP contribution in [-0.4, -0.2) is 26.7 Å². The van der Waals surface area contributed by atoms with Crippen molar-refractivity contribution in [1.82, 2.24) is 0 Å². The van der Waals surface area contributed by atoms with Crippen LogP contribution in [0.3, 0.4) is 0 Å². The van der Waals surface area contributed by atoms with E-state index in [1.54, 1.807) is 43.5 Å². The van der Waals surface area contributed by atoms with Crippen molar-refractivity contribution in [1.29, 1.82) is 0 Å². The van der Waals surface area contributed by atoms with Crippen molar-refractivity contribution in [3.05, 3.63) is 71.1 Å². The van der Waals surface area contributed by atoms with Gasteiger partial charge in [-0.25, -0.2) is 8.42 Å². The molecule has 1 aliphatic carbocycles. The average molecular weight is 344 g/mol. The molecule has 4 nitrogen and oxygen atoms in total. The molecule has 5 heteroatoms. The summed E-state index contributed by atoms with van der Waals surface area (Å²) in [5.74, 6) is 0.629. The van der Waals surface area contributed by atoms with Crippen LogP contribution < -0.4 is 4.74 Å². The molecule has 0 bridgehead atoms. The Morgan fingerprint density at radius 2 is 1.67 bits per heavy atom. The fraction of sp³-hybridized carbons (Fsp3) is 0.263. The molecule has 0 saturated carbocycles. The van der Waals surface area contributed by atoms with Crippen LogP contribution in [-0.2, 0) is 9.84 Å². The molecule has 2 atom stereocenters. The van der Waals surface area contributed by atoms with Crippen LogP contribution in [0.4, 0.5) is 0 Å². The van der Waals surface area contributed by atoms with Gasteiger partial charge >= 0.3 is 0 Å². The summed E-state index contributed by atoms with van der Waals surface area (Å²) in [6.07, 6.45) is 1.78. The first kappa shape index (κ1) is 16.7. The molecule has 0 saturated heterocycles. The van der Waals surface area contributed by atoms with Crippen molar-refractivity contribution in [2.45, 2.75) is 29.8 Å². The number of rotatable bonds is 4. The molecule has 126 valence electrons. The Morgan fingerprint density at radius 3 is 2.38 bits per heavy atom. The summed E-state index contributed by atoms with van der Waals surface area (Å²) in [6, 6.07) is 15.8. The van der Waals surface area contributed by atoms with Crippen molar-refractivity contribution in [2.24, 2.45) is 0 Å². The highest BCUT2D eigenvalue weighted by atomic mass is 32.2. The molecule has 24 heavy (non-hydrogen) atoms. The second kappa shape index (κ2) is 6.79. The zero-order chi connectivity index (χ0) is 17.2. The maximum absolute atomic E-state index is 12.9. The maximum atomic E-state index is 12.9. The number of hydrogen-bond donors (Lipinski definition) is 1. The largest absolute Gasteiger partial charge is 0.496 e. The fourth-order valence-corrected chi connectivity index (χ4v) is 4.70. The summed E-state index contributed by atoms with van der Waals surface area (Å²) in [5, 5.41) is 10.3. The van der Waals surface area contributed by atoms with Crippen molar-refractivity contribution in [3.8, 4) is 5.75 Å². The minimum atomic E-state index is -3.70. The van der Waals surface area contributed by atoms with Crippen molar-refractivity contribution in [2.75, 3.05) is 7.11 Å². The van der Waals surface area contributed by atoms with Gasteiger partial charge in [0, 0.05) is 11.5 Å². The molecule has 0 fully saturated rings. The Morgan fingerprint density at radius 1 is 1.00 bits per heavy atom. The summed E-state index contributed by atoms with van der Waals surface area (Å²) in [5.41, 5.74) is 0.938. The summed E-state index contributed by atoms with van der Waals surface area (Å²) in [4.78, 5) is 0.284. The van der Waals surface area contributed by atoms with Gasteiger partial charge in [0.1, 0.15) is 5.75 Å². The third-order valence-electron chi connectivity index (χ3n) is 4.35. The Bertz CT molecular complexity index is 841. The molecular weight excluding hydrogens is 324 g/mol. The summed E-state index contributed by atoms with van der Waals surface area (Å²) >= 11 is 0. The Kier molecular flexibility index (Phi) is 4.73. The van der Waals surface area contributed by atoms with Crippen LogP contribution >= 0.6 is 0 Å². The number of benzene rings is 2. The van der Waals surface area contributed by atoms with Crippen molar-refractivity contribution < 1.29 is 18.3 Å². The highest BCUT2D eigenvalue weighted by Crippen LogP contribution is 2.38. The number of para-hydroxylation sites is 1. The Hall–Kier alpha value is -2.11. The zero-order valence-electron chi connectivity index (χ0n) is 13.4. The van der Waals surface area contributed by atoms with Crippen LogP contribution in [0.25, 0.3) is 0 Å². The zero-order valence-corrected chi connectivity index (χ0v) is 14.2. The van der Waals surface area contributed by atoms with Gasteiger partial charge < -0.3 is 9.84 Å². The highest BCUT2D eigenvalue weighted by molar-refractivity contribution is 7.95. The Balaban J connectivity index is 2.05. The molecule has 0 aliphatic heterocycles. The van der Waals surface area contributed by atoms with Gasteiger partial charge in [0.05, 0.1) is 23.0 Å². The van der Waals surface area contributed by atoms with Crippen LogP contribution in [0.15, 0.2) is 70.5 Å². The van der Waals surface area contributed by atoms with E-state index >= 15 is 0 Å². The van der Waals surface area contributed by atoms with E-state index in [9.17, 15) is 13.5 Å². The number of aliphatic hydroxyl groups excluding tert-OH is 1. The van der Waals surface area contributed by atoms with E-state index in [1.807, 2.05) is 24.3 Å². The summed E-state index contributed by atoms with van der Waals surface area (Å²) in [7, 11) is -2.10. The van der Waals surface area contributed by atoms with Crippen LogP contribution in [0.5, 0.6) is 5.75 Å². The first-order valence-electron chi connectivity index (χ1n) is 7.87. The normalized spacial score (nSPS) is 21.2. The van der Waals surface area contributed by atoms with Gasteiger partial charge in [-0.2, -0.15) is 0 Å². The molecule has 3 rings (SSSR count). The molecular formula is C19H20O4S. The van der Waals surface area contributed by atoms with Crippen LogP contribution in [0.1, 0.15) is 24.3 Å². The third kappa shape index (κ3) is 3.09. The van der Waals surface area contributed by atoms with Gasteiger partial charge in [-0.05, 0) is 31.0 Å². The van der Waals surface area contributed by atoms with Crippen molar-refractivity contribution >= 4 is 9.84 Å². The SMILES string of the molecule is COc1ccccc1[C@H]1C=C(S(=O)(=O)c2ccccc2)[C@H](O)CC1. The lowest BCUT2D eigenvalue weighted by molar-refractivity contribution is 0.195. The predicted octanol–water partition coefficient (Wildman–Crippen LogP) is 3.29. The number of sulfone groups is 1. The van der Waals surface area contributed by atoms with Crippen LogP contribution in [0.2, 0.25) is 0 Å². The average Bonchev–Trinajstić information content (AvgIpc) is 2.62. The smallest absolute Gasteiger partial charge is 0.205 e. The number of methoxy groups -OCH3 is 1. The number of ether oxygens (including phenoxy) is 1. The second-order valence-electron chi connectivity index (χ2n) is 5.83. The third-order valence-corrected chi connectivity index (χ3v) is 6.27. The number of aliphatic hydroxyl groups is 1. The van der Waals surface area contributed by atoms with E-state index in [1.165, 1.54) is 0 Å². The lowest BCUT2D eigenvalue weighted by Gasteiger charge is -2.26. The Labute approximate surface area is 142 Å². The second-order valence-corrected chi connectivity index (χ2v) is 7.78. The number of hydrogen-bond acceptors (Lipinski definition) is 4. The molecule has 0 unspecified atom stereocenters. The topological polar surface area (TPSA) is 63.6 Å². The van der Waals surface area contributed by atoms with E-state index in [0.717, 1.165) is 11.3 Å². The first-order valence-corrected chi connectivity index (χ1v) is 9.35. The summed E-state index contributed by atoms with van der Waals surface area (Å²) in [6.45, 7) is 0. The molecule has 2 aromatic carbocycles. The standard InChI is InChI=1S/C19H20O4S/c1-23-18-10-6-5-9-16(18)14-11-12-17(20)19(13-14)24(21,22)15-7-3-2-4-8-15/h2-10,13-14,17,20H,11-12H2,1H3/t14-,17-/m1/s1. The summed E-state index contributed by atoms with van der Waals surface area (Å²) < 4.78 is 31.1. The maximum Gasteiger partial charge on any atom is 0.205 e. The minimum absolute atomic E-state index is 0.0795. The van der Waals surface area contributed by atoms with E-state index < -0.39 is 15.9 Å². The highest BCUT2D eigenvalue weighted by Gasteiger charge is 2.32. The van der Waals surface area contributed by atoms with Crippen LogP contribution in [0, 0.1) is 0 Å².